The summed E-state index contributed by atoms with van der Waals surface area (Å²) in [7, 11) is 0. The summed E-state index contributed by atoms with van der Waals surface area (Å²) in [6.07, 6.45) is 0.288. The van der Waals surface area contributed by atoms with Crippen molar-refractivity contribution in [2.24, 2.45) is 0 Å². The highest BCUT2D eigenvalue weighted by molar-refractivity contribution is 6.32. The smallest absolute Gasteiger partial charge is 0.311 e. The molecule has 8 heteroatoms. The maximum absolute atomic E-state index is 12.2. The van der Waals surface area contributed by atoms with Crippen molar-refractivity contribution in [1.82, 2.24) is 0 Å². The van der Waals surface area contributed by atoms with Gasteiger partial charge in [0.1, 0.15) is 17.4 Å². The number of carbonyl (C=O) groups excluding carboxylic acids is 2. The molecule has 142 valence electrons. The fourth-order valence-electron chi connectivity index (χ4n) is 2.58. The van der Waals surface area contributed by atoms with Crippen LogP contribution in [0.3, 0.4) is 0 Å². The van der Waals surface area contributed by atoms with Crippen molar-refractivity contribution >= 4 is 40.1 Å². The molecule has 0 saturated heterocycles. The van der Waals surface area contributed by atoms with Crippen LogP contribution >= 0.6 is 11.6 Å². The van der Waals surface area contributed by atoms with Crippen LogP contribution < -0.4 is 5.32 Å². The quantitative estimate of drug-likeness (QED) is 0.632. The number of furan rings is 1. The summed E-state index contributed by atoms with van der Waals surface area (Å²) in [5, 5.41) is 21.8. The molecule has 1 atom stereocenters. The van der Waals surface area contributed by atoms with Gasteiger partial charge in [-0.2, -0.15) is 5.26 Å². The molecule has 3 rings (SSSR count). The van der Waals surface area contributed by atoms with Gasteiger partial charge in [0.2, 0.25) is 0 Å². The summed E-state index contributed by atoms with van der Waals surface area (Å²) in [6.45, 7) is 1.45. The van der Waals surface area contributed by atoms with Crippen molar-refractivity contribution in [3.05, 3.63) is 58.8 Å². The van der Waals surface area contributed by atoms with E-state index in [2.05, 4.69) is 5.32 Å². The van der Waals surface area contributed by atoms with Crippen molar-refractivity contribution in [3.8, 4) is 11.8 Å². The lowest BCUT2D eigenvalue weighted by Crippen LogP contribution is -2.30. The number of rotatable bonds is 5. The predicted octanol–water partition coefficient (Wildman–Crippen LogP) is 3.78. The molecule has 0 saturated carbocycles. The van der Waals surface area contributed by atoms with Gasteiger partial charge in [0.25, 0.3) is 5.91 Å². The summed E-state index contributed by atoms with van der Waals surface area (Å²) in [5.74, 6) is -1.07. The highest BCUT2D eigenvalue weighted by Gasteiger charge is 2.20. The molecule has 0 aliphatic heterocycles. The Bertz CT molecular complexity index is 1100. The van der Waals surface area contributed by atoms with Gasteiger partial charge < -0.3 is 19.6 Å². The second kappa shape index (κ2) is 8.03. The topological polar surface area (TPSA) is 113 Å². The molecule has 1 amide bonds. The molecule has 7 nitrogen and oxygen atoms in total. The zero-order valence-electron chi connectivity index (χ0n) is 14.7. The fourth-order valence-corrected chi connectivity index (χ4v) is 2.81. The second-order valence-corrected chi connectivity index (χ2v) is 6.45. The number of phenolic OH excluding ortho intramolecular Hbond substituents is 1. The first kappa shape index (κ1) is 19.3. The zero-order valence-corrected chi connectivity index (χ0v) is 15.5. The van der Waals surface area contributed by atoms with E-state index in [0.29, 0.717) is 27.8 Å². The molecule has 1 aromatic heterocycles. The van der Waals surface area contributed by atoms with E-state index in [4.69, 9.17) is 26.0 Å². The Morgan fingerprint density at radius 1 is 1.32 bits per heavy atom. The Morgan fingerprint density at radius 2 is 2.11 bits per heavy atom. The largest absolute Gasteiger partial charge is 0.508 e. The lowest BCUT2D eigenvalue weighted by molar-refractivity contribution is -0.152. The number of carbonyl (C=O) groups is 2. The van der Waals surface area contributed by atoms with Crippen molar-refractivity contribution in [2.45, 2.75) is 19.4 Å². The van der Waals surface area contributed by atoms with Gasteiger partial charge in [-0.05, 0) is 37.3 Å². The third kappa shape index (κ3) is 4.24. The number of nitrogens with one attached hydrogen (secondary N) is 1. The van der Waals surface area contributed by atoms with E-state index in [-0.39, 0.29) is 17.2 Å². The van der Waals surface area contributed by atoms with Crippen LogP contribution in [0.5, 0.6) is 5.75 Å². The maximum Gasteiger partial charge on any atom is 0.311 e. The fraction of sp³-hybridized carbons (Fsp3) is 0.150. The molecule has 0 fully saturated rings. The average Bonchev–Trinajstić information content (AvgIpc) is 3.03. The van der Waals surface area contributed by atoms with Gasteiger partial charge in [-0.1, -0.05) is 11.6 Å². The number of hydrogen-bond acceptors (Lipinski definition) is 6. The van der Waals surface area contributed by atoms with E-state index in [1.165, 1.54) is 43.5 Å². The number of phenols is 1. The second-order valence-electron chi connectivity index (χ2n) is 6.05. The first-order chi connectivity index (χ1) is 13.4. The lowest BCUT2D eigenvalue weighted by Gasteiger charge is -2.13. The summed E-state index contributed by atoms with van der Waals surface area (Å²) < 4.78 is 10.5. The SMILES string of the molecule is C[C@H](OC(=O)Cc1coc2cc(O)ccc12)C(=O)Nc1ccc(C#N)c(Cl)c1. The van der Waals surface area contributed by atoms with Gasteiger partial charge in [-0.3, -0.25) is 9.59 Å². The summed E-state index contributed by atoms with van der Waals surface area (Å²) in [5.41, 5.74) is 1.72. The maximum atomic E-state index is 12.2. The number of fused-ring (bicyclic) bond motifs is 1. The van der Waals surface area contributed by atoms with Crippen molar-refractivity contribution < 1.29 is 23.8 Å². The number of amides is 1. The minimum absolute atomic E-state index is 0.0594. The normalized spacial score (nSPS) is 11.6. The Kier molecular flexibility index (Phi) is 5.52. The van der Waals surface area contributed by atoms with Crippen LogP contribution in [0, 0.1) is 11.3 Å². The minimum Gasteiger partial charge on any atom is -0.508 e. The molecular formula is C20H15ClN2O5. The molecule has 2 N–H and O–H groups in total. The summed E-state index contributed by atoms with van der Waals surface area (Å²) in [6, 6.07) is 11.0. The Labute approximate surface area is 165 Å². The highest BCUT2D eigenvalue weighted by atomic mass is 35.5. The van der Waals surface area contributed by atoms with Crippen LogP contribution in [0.2, 0.25) is 5.02 Å². The lowest BCUT2D eigenvalue weighted by atomic mass is 10.1. The van der Waals surface area contributed by atoms with E-state index in [1.54, 1.807) is 6.07 Å². The molecular weight excluding hydrogens is 384 g/mol. The van der Waals surface area contributed by atoms with E-state index in [1.807, 2.05) is 6.07 Å². The van der Waals surface area contributed by atoms with Gasteiger partial charge in [0, 0.05) is 22.7 Å². The number of ether oxygens (including phenoxy) is 1. The number of nitriles is 1. The minimum atomic E-state index is -1.04. The number of aromatic hydroxyl groups is 1. The third-order valence-electron chi connectivity index (χ3n) is 4.01. The number of hydrogen-bond donors (Lipinski definition) is 2. The Morgan fingerprint density at radius 3 is 2.82 bits per heavy atom. The van der Waals surface area contributed by atoms with Crippen LogP contribution in [0.4, 0.5) is 5.69 Å². The van der Waals surface area contributed by atoms with Crippen LogP contribution in [0.1, 0.15) is 18.1 Å². The van der Waals surface area contributed by atoms with E-state index in [0.717, 1.165) is 0 Å². The molecule has 0 unspecified atom stereocenters. The predicted molar refractivity (Wildman–Crippen MR) is 102 cm³/mol. The number of halogens is 1. The van der Waals surface area contributed by atoms with E-state index >= 15 is 0 Å². The Hall–Kier alpha value is -3.50. The van der Waals surface area contributed by atoms with Crippen LogP contribution in [0.25, 0.3) is 11.0 Å². The molecule has 0 spiro atoms. The molecule has 2 aromatic carbocycles. The van der Waals surface area contributed by atoms with Gasteiger partial charge in [0.05, 0.1) is 23.3 Å². The summed E-state index contributed by atoms with van der Waals surface area (Å²) >= 11 is 5.93. The van der Waals surface area contributed by atoms with Gasteiger partial charge in [-0.15, -0.1) is 0 Å². The number of esters is 1. The van der Waals surface area contributed by atoms with Crippen LogP contribution in [-0.4, -0.2) is 23.1 Å². The molecule has 0 radical (unpaired) electrons. The monoisotopic (exact) mass is 398 g/mol. The van der Waals surface area contributed by atoms with Crippen LogP contribution in [-0.2, 0) is 20.7 Å². The first-order valence-corrected chi connectivity index (χ1v) is 8.64. The highest BCUT2D eigenvalue weighted by Crippen LogP contribution is 2.25. The zero-order chi connectivity index (χ0) is 20.3. The standard InChI is InChI=1S/C20H15ClN2O5/c1-11(20(26)23-14-3-2-12(9-22)17(21)7-14)28-19(25)6-13-10-27-18-8-15(24)4-5-16(13)18/h2-5,7-8,10-11,24H,6H2,1H3,(H,23,26)/t11-/m0/s1. The van der Waals surface area contributed by atoms with Gasteiger partial charge in [-0.25, -0.2) is 0 Å². The number of nitrogens with zero attached hydrogens (tertiary/aromatic N) is 1. The molecule has 0 bridgehead atoms. The summed E-state index contributed by atoms with van der Waals surface area (Å²) in [4.78, 5) is 24.4. The molecule has 1 heterocycles. The third-order valence-corrected chi connectivity index (χ3v) is 4.32. The van der Waals surface area contributed by atoms with E-state index < -0.39 is 18.0 Å². The average molecular weight is 399 g/mol. The molecule has 0 aliphatic rings. The van der Waals surface area contributed by atoms with Gasteiger partial charge >= 0.3 is 5.97 Å². The van der Waals surface area contributed by atoms with Crippen molar-refractivity contribution in [3.63, 3.8) is 0 Å². The number of benzene rings is 2. The molecule has 0 aliphatic carbocycles. The first-order valence-electron chi connectivity index (χ1n) is 8.26. The van der Waals surface area contributed by atoms with Crippen molar-refractivity contribution in [1.29, 1.82) is 5.26 Å². The van der Waals surface area contributed by atoms with E-state index in [9.17, 15) is 14.7 Å². The number of anilines is 1. The Balaban J connectivity index is 1.61. The van der Waals surface area contributed by atoms with Crippen molar-refractivity contribution in [2.75, 3.05) is 5.32 Å². The van der Waals surface area contributed by atoms with Gasteiger partial charge in [0.15, 0.2) is 6.10 Å². The van der Waals surface area contributed by atoms with Crippen LogP contribution in [0.15, 0.2) is 47.1 Å². The molecule has 3 aromatic rings. The molecule has 28 heavy (non-hydrogen) atoms.